The Morgan fingerprint density at radius 3 is 2.60 bits per heavy atom. The summed E-state index contributed by atoms with van der Waals surface area (Å²) in [7, 11) is 0. The lowest BCUT2D eigenvalue weighted by Crippen LogP contribution is -2.56. The zero-order valence-corrected chi connectivity index (χ0v) is 21.1. The van der Waals surface area contributed by atoms with Crippen molar-refractivity contribution in [2.75, 3.05) is 17.2 Å². The molecule has 0 saturated heterocycles. The summed E-state index contributed by atoms with van der Waals surface area (Å²) in [6.07, 6.45) is 8.87. The molecule has 192 valence electrons. The normalized spacial score (nSPS) is 24.7. The number of hydrogen-bond acceptors (Lipinski definition) is 6. The maximum atomic E-state index is 13.0. The smallest absolute Gasteiger partial charge is 0.276 e. The molecule has 2 saturated carbocycles. The van der Waals surface area contributed by atoms with Gasteiger partial charge in [-0.15, -0.1) is 0 Å². The van der Waals surface area contributed by atoms with Crippen molar-refractivity contribution in [2.24, 2.45) is 22.1 Å². The minimum atomic E-state index is -2.66. The molecule has 0 radical (unpaired) electrons. The highest BCUT2D eigenvalue weighted by Crippen LogP contribution is 2.59. The predicted molar refractivity (Wildman–Crippen MR) is 138 cm³/mol. The van der Waals surface area contributed by atoms with Crippen LogP contribution in [0.25, 0.3) is 0 Å². The zero-order valence-electron chi connectivity index (χ0n) is 21.1. The Bertz CT molecular complexity index is 990. The van der Waals surface area contributed by atoms with Gasteiger partial charge in [-0.3, -0.25) is 4.79 Å². The van der Waals surface area contributed by atoms with Gasteiger partial charge in [-0.05, 0) is 57.3 Å². The summed E-state index contributed by atoms with van der Waals surface area (Å²) in [4.78, 5) is 21.1. The van der Waals surface area contributed by atoms with E-state index < -0.39 is 6.43 Å². The van der Waals surface area contributed by atoms with E-state index in [9.17, 15) is 13.6 Å². The van der Waals surface area contributed by atoms with Crippen molar-refractivity contribution >= 4 is 23.1 Å². The molecule has 1 aromatic rings. The van der Waals surface area contributed by atoms with Gasteiger partial charge in [-0.2, -0.15) is 0 Å². The Morgan fingerprint density at radius 2 is 2.00 bits per heavy atom. The van der Waals surface area contributed by atoms with Crippen LogP contribution >= 0.6 is 0 Å². The van der Waals surface area contributed by atoms with Crippen LogP contribution in [0, 0.1) is 11.3 Å². The van der Waals surface area contributed by atoms with E-state index in [1.807, 2.05) is 19.9 Å². The largest absolute Gasteiger partial charge is 0.385 e. The minimum absolute atomic E-state index is 0.0344. The third-order valence-electron chi connectivity index (χ3n) is 6.85. The second-order valence-electron chi connectivity index (χ2n) is 9.72. The van der Waals surface area contributed by atoms with Crippen LogP contribution in [0.4, 0.5) is 20.3 Å². The molecule has 0 aliphatic heterocycles. The average molecular weight is 489 g/mol. The van der Waals surface area contributed by atoms with Gasteiger partial charge < -0.3 is 21.7 Å². The van der Waals surface area contributed by atoms with E-state index in [0.717, 1.165) is 18.8 Å². The standard InChI is InChI=1S/C26H38F2N6O/c1-5-8-18(9-22(29)32-16(4)24(27)28)33-23-10-21(30-7-3)20(15-31-23)25(35)34-19-13-26(14-19)11-17(6-2)12-26/h8-10,15,17,19,24H,5-7,11-14,29H2,1-4H3,(H,34,35)(H2,30,31,33)/b18-8-,22-9-,32-16+. The summed E-state index contributed by atoms with van der Waals surface area (Å²) in [6, 6.07) is 1.98. The number of pyridine rings is 1. The quantitative estimate of drug-likeness (QED) is 0.245. The van der Waals surface area contributed by atoms with E-state index in [1.165, 1.54) is 32.3 Å². The first kappa shape index (κ1) is 26.6. The van der Waals surface area contributed by atoms with Gasteiger partial charge in [-0.1, -0.05) is 26.3 Å². The van der Waals surface area contributed by atoms with E-state index in [2.05, 4.69) is 32.9 Å². The van der Waals surface area contributed by atoms with Crippen molar-refractivity contribution in [2.45, 2.75) is 78.7 Å². The molecule has 1 amide bonds. The first-order chi connectivity index (χ1) is 16.7. The lowest BCUT2D eigenvalue weighted by Gasteiger charge is -2.58. The van der Waals surface area contributed by atoms with Crippen LogP contribution in [-0.4, -0.2) is 35.6 Å². The molecule has 7 nitrogen and oxygen atoms in total. The van der Waals surface area contributed by atoms with Gasteiger partial charge >= 0.3 is 0 Å². The highest BCUT2D eigenvalue weighted by molar-refractivity contribution is 6.00. The Balaban J connectivity index is 1.68. The van der Waals surface area contributed by atoms with Crippen LogP contribution < -0.4 is 21.7 Å². The Morgan fingerprint density at radius 1 is 1.29 bits per heavy atom. The van der Waals surface area contributed by atoms with Crippen LogP contribution in [0.2, 0.25) is 0 Å². The van der Waals surface area contributed by atoms with Crippen LogP contribution in [0.3, 0.4) is 0 Å². The molecule has 0 unspecified atom stereocenters. The predicted octanol–water partition coefficient (Wildman–Crippen LogP) is 5.44. The summed E-state index contributed by atoms with van der Waals surface area (Å²) in [6.45, 7) is 8.02. The molecule has 9 heteroatoms. The molecular weight excluding hydrogens is 450 g/mol. The molecule has 2 aliphatic rings. The number of hydrogen-bond donors (Lipinski definition) is 4. The molecular formula is C26H38F2N6O. The van der Waals surface area contributed by atoms with E-state index in [-0.39, 0.29) is 23.5 Å². The first-order valence-electron chi connectivity index (χ1n) is 12.5. The lowest BCUT2D eigenvalue weighted by atomic mass is 9.49. The summed E-state index contributed by atoms with van der Waals surface area (Å²) in [5.41, 5.74) is 7.68. The van der Waals surface area contributed by atoms with E-state index in [0.29, 0.717) is 41.1 Å². The highest BCUT2D eigenvalue weighted by Gasteiger charge is 2.52. The second kappa shape index (κ2) is 11.6. The Hall–Kier alpha value is -2.97. The van der Waals surface area contributed by atoms with Crippen LogP contribution in [-0.2, 0) is 0 Å². The van der Waals surface area contributed by atoms with Gasteiger partial charge in [0.25, 0.3) is 12.3 Å². The molecule has 1 heterocycles. The van der Waals surface area contributed by atoms with Crippen LogP contribution in [0.5, 0.6) is 0 Å². The number of amides is 1. The van der Waals surface area contributed by atoms with E-state index in [4.69, 9.17) is 5.73 Å². The minimum Gasteiger partial charge on any atom is -0.385 e. The van der Waals surface area contributed by atoms with Crippen molar-refractivity contribution in [3.05, 3.63) is 41.5 Å². The SMILES string of the molecule is CC/C=C(/C=C(N)\N=C(/C)C(F)F)Nc1cc(NCC)c(C(=O)NC2CC3(CC(CC)C3)C2)cn1. The van der Waals surface area contributed by atoms with Gasteiger partial charge in [0.2, 0.25) is 0 Å². The van der Waals surface area contributed by atoms with Gasteiger partial charge in [0.1, 0.15) is 11.6 Å². The second-order valence-corrected chi connectivity index (χ2v) is 9.72. The van der Waals surface area contributed by atoms with Crippen molar-refractivity contribution in [3.63, 3.8) is 0 Å². The maximum Gasteiger partial charge on any atom is 0.276 e. The monoisotopic (exact) mass is 488 g/mol. The van der Waals surface area contributed by atoms with Crippen molar-refractivity contribution < 1.29 is 13.6 Å². The first-order valence-corrected chi connectivity index (χ1v) is 12.5. The van der Waals surface area contributed by atoms with Gasteiger partial charge in [-0.25, -0.2) is 18.8 Å². The molecule has 0 atom stereocenters. The number of nitrogens with two attached hydrogens (primary N) is 1. The number of nitrogens with zero attached hydrogens (tertiary/aromatic N) is 2. The zero-order chi connectivity index (χ0) is 25.6. The molecule has 3 rings (SSSR count). The van der Waals surface area contributed by atoms with Gasteiger partial charge in [0.05, 0.1) is 17.0 Å². The third-order valence-corrected chi connectivity index (χ3v) is 6.85. The fourth-order valence-corrected chi connectivity index (χ4v) is 5.14. The fourth-order valence-electron chi connectivity index (χ4n) is 5.14. The van der Waals surface area contributed by atoms with E-state index >= 15 is 0 Å². The molecule has 1 aromatic heterocycles. The number of anilines is 2. The molecule has 0 aromatic carbocycles. The number of carbonyl (C=O) groups excluding carboxylic acids is 1. The fraction of sp³-hybridized carbons (Fsp3) is 0.577. The molecule has 2 fully saturated rings. The van der Waals surface area contributed by atoms with Crippen LogP contribution in [0.15, 0.2) is 40.9 Å². The number of halogens is 2. The van der Waals surface area contributed by atoms with Gasteiger partial charge in [0, 0.05) is 36.6 Å². The maximum absolute atomic E-state index is 13.0. The Kier molecular flexibility index (Phi) is 8.86. The average Bonchev–Trinajstić information content (AvgIpc) is 2.74. The molecule has 2 aliphatic carbocycles. The number of carbonyl (C=O) groups is 1. The summed E-state index contributed by atoms with van der Waals surface area (Å²) < 4.78 is 25.5. The Labute approximate surface area is 206 Å². The van der Waals surface area contributed by atoms with Crippen molar-refractivity contribution in [3.8, 4) is 0 Å². The molecule has 35 heavy (non-hydrogen) atoms. The number of nitrogens with one attached hydrogen (secondary N) is 3. The van der Waals surface area contributed by atoms with Crippen molar-refractivity contribution in [1.29, 1.82) is 0 Å². The van der Waals surface area contributed by atoms with E-state index in [1.54, 1.807) is 12.3 Å². The van der Waals surface area contributed by atoms with Crippen LogP contribution in [0.1, 0.15) is 76.6 Å². The van der Waals surface area contributed by atoms with Crippen molar-refractivity contribution in [1.82, 2.24) is 10.3 Å². The summed E-state index contributed by atoms with van der Waals surface area (Å²) in [5, 5.41) is 9.55. The lowest BCUT2D eigenvalue weighted by molar-refractivity contribution is -0.0479. The number of aromatic nitrogens is 1. The molecule has 0 bridgehead atoms. The molecule has 1 spiro atoms. The van der Waals surface area contributed by atoms with Gasteiger partial charge in [0.15, 0.2) is 0 Å². The third kappa shape index (κ3) is 6.80. The summed E-state index contributed by atoms with van der Waals surface area (Å²) in [5.74, 6) is 1.19. The number of aliphatic imine (C=N–C) groups is 1. The molecule has 5 N–H and O–H groups in total. The number of allylic oxidation sites excluding steroid dienone is 2. The topological polar surface area (TPSA) is 104 Å². The number of alkyl halides is 2. The highest BCUT2D eigenvalue weighted by atomic mass is 19.3. The summed E-state index contributed by atoms with van der Waals surface area (Å²) >= 11 is 0. The number of rotatable bonds is 11.